The molecule has 1 aliphatic heterocycles. The Kier molecular flexibility index (Phi) is 5.89. The Morgan fingerprint density at radius 1 is 1.37 bits per heavy atom. The van der Waals surface area contributed by atoms with Gasteiger partial charge in [0.1, 0.15) is 17.8 Å². The van der Waals surface area contributed by atoms with E-state index in [9.17, 15) is 19.1 Å². The van der Waals surface area contributed by atoms with Crippen LogP contribution in [0.2, 0.25) is 0 Å². The van der Waals surface area contributed by atoms with Crippen molar-refractivity contribution in [2.24, 2.45) is 5.41 Å². The Labute approximate surface area is 174 Å². The lowest BCUT2D eigenvalue weighted by Gasteiger charge is -2.34. The fourth-order valence-electron chi connectivity index (χ4n) is 3.83. The lowest BCUT2D eigenvalue weighted by molar-refractivity contribution is -0.144. The second-order valence-electron chi connectivity index (χ2n) is 8.68. The van der Waals surface area contributed by atoms with Gasteiger partial charge in [-0.05, 0) is 24.0 Å². The number of aliphatic hydroxyl groups is 1. The first-order valence-corrected chi connectivity index (χ1v) is 9.77. The van der Waals surface area contributed by atoms with Gasteiger partial charge in [-0.15, -0.1) is 5.10 Å². The number of aromatic nitrogens is 4. The summed E-state index contributed by atoms with van der Waals surface area (Å²) in [5.41, 5.74) is 1.17. The highest BCUT2D eigenvalue weighted by atomic mass is 19.1. The van der Waals surface area contributed by atoms with Crippen LogP contribution in [0.4, 0.5) is 4.39 Å². The van der Waals surface area contributed by atoms with E-state index in [4.69, 9.17) is 0 Å². The van der Waals surface area contributed by atoms with Gasteiger partial charge < -0.3 is 15.3 Å². The average molecular weight is 418 g/mol. The molecule has 30 heavy (non-hydrogen) atoms. The van der Waals surface area contributed by atoms with E-state index in [0.29, 0.717) is 16.8 Å². The van der Waals surface area contributed by atoms with Crippen LogP contribution >= 0.6 is 0 Å². The average Bonchev–Trinajstić information content (AvgIpc) is 3.27. The first-order valence-electron chi connectivity index (χ1n) is 9.77. The van der Waals surface area contributed by atoms with Crippen LogP contribution in [0.1, 0.15) is 38.8 Å². The van der Waals surface area contributed by atoms with Crippen LogP contribution in [0.3, 0.4) is 0 Å². The highest BCUT2D eigenvalue weighted by Gasteiger charge is 2.45. The molecule has 2 N–H and O–H groups in total. The van der Waals surface area contributed by atoms with Gasteiger partial charge in [-0.25, -0.2) is 9.67 Å². The smallest absolute Gasteiger partial charge is 0.248 e. The Bertz CT molecular complexity index is 954. The van der Waals surface area contributed by atoms with Crippen molar-refractivity contribution in [2.75, 3.05) is 13.6 Å². The number of pyridine rings is 1. The monoisotopic (exact) mass is 418 g/mol. The van der Waals surface area contributed by atoms with Crippen molar-refractivity contribution >= 4 is 11.8 Å². The molecule has 2 aromatic rings. The molecule has 1 aliphatic rings. The van der Waals surface area contributed by atoms with Gasteiger partial charge in [0.15, 0.2) is 0 Å². The number of halogens is 1. The summed E-state index contributed by atoms with van der Waals surface area (Å²) >= 11 is 0. The maximum Gasteiger partial charge on any atom is 0.248 e. The van der Waals surface area contributed by atoms with Crippen LogP contribution < -0.4 is 5.32 Å². The second kappa shape index (κ2) is 8.10. The SMILES string of the molecule is CNC(=O)[C@@H]1C[C@@H](O)CN1C(=O)[C@@H](n1cc(-c2cnc(F)cc2C)nn1)C(C)(C)C. The number of carbonyl (C=O) groups excluding carboxylic acids is 2. The number of nitrogens with one attached hydrogen (secondary N) is 1. The minimum Gasteiger partial charge on any atom is -0.391 e. The minimum absolute atomic E-state index is 0.0754. The van der Waals surface area contributed by atoms with Gasteiger partial charge in [0.05, 0.1) is 12.3 Å². The number of rotatable bonds is 4. The van der Waals surface area contributed by atoms with Crippen molar-refractivity contribution in [1.82, 2.24) is 30.2 Å². The highest BCUT2D eigenvalue weighted by Crippen LogP contribution is 2.35. The van der Waals surface area contributed by atoms with Gasteiger partial charge in [0.2, 0.25) is 17.8 Å². The summed E-state index contributed by atoms with van der Waals surface area (Å²) in [5.74, 6) is -1.22. The van der Waals surface area contributed by atoms with Crippen LogP contribution in [-0.2, 0) is 9.59 Å². The Balaban J connectivity index is 1.97. The lowest BCUT2D eigenvalue weighted by Crippen LogP contribution is -2.49. The van der Waals surface area contributed by atoms with E-state index >= 15 is 0 Å². The van der Waals surface area contributed by atoms with Gasteiger partial charge in [-0.3, -0.25) is 9.59 Å². The number of amides is 2. The molecule has 1 saturated heterocycles. The molecule has 1 fully saturated rings. The van der Waals surface area contributed by atoms with Gasteiger partial charge in [-0.1, -0.05) is 26.0 Å². The van der Waals surface area contributed by atoms with Crippen LogP contribution in [0.25, 0.3) is 11.3 Å². The molecule has 3 heterocycles. The number of likely N-dealkylation sites (tertiary alicyclic amines) is 1. The summed E-state index contributed by atoms with van der Waals surface area (Å²) in [6, 6.07) is -0.195. The largest absolute Gasteiger partial charge is 0.391 e. The normalized spacial score (nSPS) is 20.3. The number of likely N-dealkylation sites (N-methyl/N-ethyl adjacent to an activating group) is 1. The number of carbonyl (C=O) groups is 2. The van der Waals surface area contributed by atoms with Crippen molar-refractivity contribution in [3.05, 3.63) is 30.0 Å². The zero-order valence-electron chi connectivity index (χ0n) is 17.8. The van der Waals surface area contributed by atoms with Crippen molar-refractivity contribution in [2.45, 2.75) is 52.3 Å². The molecule has 0 unspecified atom stereocenters. The van der Waals surface area contributed by atoms with Crippen LogP contribution in [-0.4, -0.2) is 67.5 Å². The quantitative estimate of drug-likeness (QED) is 0.719. The Hall–Kier alpha value is -2.88. The fourth-order valence-corrected chi connectivity index (χ4v) is 3.83. The predicted molar refractivity (Wildman–Crippen MR) is 107 cm³/mol. The van der Waals surface area contributed by atoms with Gasteiger partial charge in [0, 0.05) is 31.8 Å². The number of nitrogens with zero attached hydrogens (tertiary/aromatic N) is 5. The van der Waals surface area contributed by atoms with Gasteiger partial charge >= 0.3 is 0 Å². The molecule has 10 heteroatoms. The molecule has 2 aromatic heterocycles. The van der Waals surface area contributed by atoms with Gasteiger partial charge in [0.25, 0.3) is 0 Å². The van der Waals surface area contributed by atoms with Gasteiger partial charge in [-0.2, -0.15) is 4.39 Å². The third-order valence-corrected chi connectivity index (χ3v) is 5.29. The molecule has 9 nitrogen and oxygen atoms in total. The Morgan fingerprint density at radius 2 is 2.07 bits per heavy atom. The van der Waals surface area contributed by atoms with E-state index in [1.165, 1.54) is 28.9 Å². The van der Waals surface area contributed by atoms with Crippen molar-refractivity contribution in [3.63, 3.8) is 0 Å². The summed E-state index contributed by atoms with van der Waals surface area (Å²) in [6.07, 6.45) is 2.42. The molecule has 0 saturated carbocycles. The van der Waals surface area contributed by atoms with E-state index in [2.05, 4.69) is 20.6 Å². The lowest BCUT2D eigenvalue weighted by atomic mass is 9.85. The van der Waals surface area contributed by atoms with Crippen LogP contribution in [0.5, 0.6) is 0 Å². The molecule has 2 amide bonds. The number of aryl methyl sites for hydroxylation is 1. The minimum atomic E-state index is -0.767. The molecule has 0 aromatic carbocycles. The third kappa shape index (κ3) is 4.18. The summed E-state index contributed by atoms with van der Waals surface area (Å²) in [7, 11) is 1.50. The predicted octanol–water partition coefficient (Wildman–Crippen LogP) is 1.08. The molecule has 0 radical (unpaired) electrons. The molecule has 0 bridgehead atoms. The summed E-state index contributed by atoms with van der Waals surface area (Å²) in [6.45, 7) is 7.49. The van der Waals surface area contributed by atoms with Crippen molar-refractivity contribution in [3.8, 4) is 11.3 Å². The summed E-state index contributed by atoms with van der Waals surface area (Å²) < 4.78 is 14.8. The van der Waals surface area contributed by atoms with Crippen molar-refractivity contribution in [1.29, 1.82) is 0 Å². The first kappa shape index (κ1) is 21.8. The fraction of sp³-hybridized carbons (Fsp3) is 0.550. The number of hydrogen-bond donors (Lipinski definition) is 2. The molecular formula is C20H27FN6O3. The third-order valence-electron chi connectivity index (χ3n) is 5.29. The summed E-state index contributed by atoms with van der Waals surface area (Å²) in [4.78, 5) is 30.8. The maximum atomic E-state index is 13.5. The number of hydrogen-bond acceptors (Lipinski definition) is 6. The van der Waals surface area contributed by atoms with E-state index in [-0.39, 0.29) is 24.8 Å². The zero-order chi connectivity index (χ0) is 22.2. The number of aliphatic hydroxyl groups excluding tert-OH is 1. The molecule has 3 atom stereocenters. The van der Waals surface area contributed by atoms with Crippen LogP contribution in [0.15, 0.2) is 18.5 Å². The molecule has 0 spiro atoms. The molecule has 0 aliphatic carbocycles. The van der Waals surface area contributed by atoms with Crippen LogP contribution in [0, 0.1) is 18.3 Å². The topological polar surface area (TPSA) is 113 Å². The molecule has 3 rings (SSSR count). The van der Waals surface area contributed by atoms with E-state index in [1.807, 2.05) is 20.8 Å². The van der Waals surface area contributed by atoms with E-state index in [1.54, 1.807) is 13.1 Å². The standard InChI is InChI=1S/C20H27FN6O3/c1-11-6-16(21)23-8-13(11)14-10-27(25-24-14)17(20(2,3)4)19(30)26-9-12(28)7-15(26)18(29)22-5/h6,8,10,12,15,17,28H,7,9H2,1-5H3,(H,22,29)/t12-,15+,17-/m1/s1. The molecule has 162 valence electrons. The zero-order valence-corrected chi connectivity index (χ0v) is 17.8. The Morgan fingerprint density at radius 3 is 2.67 bits per heavy atom. The highest BCUT2D eigenvalue weighted by molar-refractivity contribution is 5.90. The summed E-state index contributed by atoms with van der Waals surface area (Å²) in [5, 5.41) is 20.9. The van der Waals surface area contributed by atoms with E-state index in [0.717, 1.165) is 0 Å². The maximum absolute atomic E-state index is 13.5. The van der Waals surface area contributed by atoms with Crippen molar-refractivity contribution < 1.29 is 19.1 Å². The van der Waals surface area contributed by atoms with E-state index < -0.39 is 29.6 Å². The molecular weight excluding hydrogens is 391 g/mol. The number of β-amino-alcohol motifs (C(OH)–C–C–N with tert-alkyl or cyclic N) is 1. The first-order chi connectivity index (χ1) is 14.0. The second-order valence-corrected chi connectivity index (χ2v) is 8.68.